The number of carbonyl (C=O) groups is 2. The molecule has 0 spiro atoms. The van der Waals surface area contributed by atoms with Gasteiger partial charge in [0.2, 0.25) is 0 Å². The molecule has 0 aliphatic carbocycles. The van der Waals surface area contributed by atoms with Crippen LogP contribution in [0.15, 0.2) is 0 Å². The molecule has 1 unspecified atom stereocenters. The fraction of sp³-hybridized carbons (Fsp3) is 0.867. The Kier molecular flexibility index (Phi) is 6.69. The van der Waals surface area contributed by atoms with E-state index in [0.717, 1.165) is 4.90 Å². The van der Waals surface area contributed by atoms with Gasteiger partial charge in [-0.25, -0.2) is 9.59 Å². The number of ether oxygens (including phenoxy) is 1. The van der Waals surface area contributed by atoms with Gasteiger partial charge in [-0.2, -0.15) is 0 Å². The van der Waals surface area contributed by atoms with Crippen molar-refractivity contribution in [3.05, 3.63) is 0 Å². The van der Waals surface area contributed by atoms with Crippen molar-refractivity contribution in [2.45, 2.75) is 78.1 Å². The Balaban J connectivity index is 5.64. The number of nitrogens with one attached hydrogen (secondary N) is 1. The maximum absolute atomic E-state index is 12.1. The minimum absolute atomic E-state index is 0.270. The number of amides is 2. The summed E-state index contributed by atoms with van der Waals surface area (Å²) in [7, 11) is 0. The Bertz CT molecular complexity index is 398. The summed E-state index contributed by atoms with van der Waals surface area (Å²) < 4.78 is 5.20. The van der Waals surface area contributed by atoms with E-state index >= 15 is 0 Å². The SMILES string of the molecule is CCCC(CO)(NC(=O)OC(C)(C)C)N(C(=O)O)C(C)(C)C. The Morgan fingerprint density at radius 1 is 1.14 bits per heavy atom. The van der Waals surface area contributed by atoms with Crippen molar-refractivity contribution < 1.29 is 24.5 Å². The van der Waals surface area contributed by atoms with Crippen LogP contribution in [0, 0.1) is 0 Å². The number of carbonyl (C=O) groups excluding carboxylic acids is 1. The Morgan fingerprint density at radius 3 is 1.91 bits per heavy atom. The largest absolute Gasteiger partial charge is 0.465 e. The zero-order valence-corrected chi connectivity index (χ0v) is 14.7. The predicted molar refractivity (Wildman–Crippen MR) is 83.7 cm³/mol. The van der Waals surface area contributed by atoms with Crippen molar-refractivity contribution in [1.29, 1.82) is 0 Å². The molecule has 2 amide bonds. The summed E-state index contributed by atoms with van der Waals surface area (Å²) in [4.78, 5) is 24.9. The highest BCUT2D eigenvalue weighted by Crippen LogP contribution is 2.28. The zero-order valence-electron chi connectivity index (χ0n) is 14.7. The van der Waals surface area contributed by atoms with Gasteiger partial charge in [0.1, 0.15) is 11.3 Å². The third-order valence-corrected chi connectivity index (χ3v) is 2.95. The van der Waals surface area contributed by atoms with E-state index in [1.807, 2.05) is 6.92 Å². The van der Waals surface area contributed by atoms with Crippen LogP contribution in [-0.4, -0.2) is 50.7 Å². The molecular weight excluding hydrogens is 288 g/mol. The highest BCUT2D eigenvalue weighted by molar-refractivity contribution is 5.72. The summed E-state index contributed by atoms with van der Waals surface area (Å²) in [6, 6.07) is 0. The van der Waals surface area contributed by atoms with E-state index in [-0.39, 0.29) is 6.42 Å². The van der Waals surface area contributed by atoms with Gasteiger partial charge >= 0.3 is 12.2 Å². The van der Waals surface area contributed by atoms with Gasteiger partial charge in [-0.3, -0.25) is 10.2 Å². The molecule has 1 atom stereocenters. The molecule has 0 aliphatic rings. The first-order valence-electron chi connectivity index (χ1n) is 7.44. The van der Waals surface area contributed by atoms with E-state index < -0.39 is 35.6 Å². The minimum Gasteiger partial charge on any atom is -0.465 e. The van der Waals surface area contributed by atoms with Crippen LogP contribution < -0.4 is 5.32 Å². The second-order valence-electron chi connectivity index (χ2n) is 7.36. The smallest absolute Gasteiger partial charge is 0.409 e. The van der Waals surface area contributed by atoms with Crippen molar-refractivity contribution in [2.75, 3.05) is 6.61 Å². The van der Waals surface area contributed by atoms with Gasteiger partial charge in [-0.05, 0) is 48.0 Å². The first-order chi connectivity index (χ1) is 9.79. The standard InChI is InChI=1S/C15H30N2O5/c1-8-9-15(10-18,16-11(19)22-14(5,6)7)17(12(20)21)13(2,3)4/h18H,8-10H2,1-7H3,(H,16,19)(H,20,21). The van der Waals surface area contributed by atoms with Gasteiger partial charge in [0.15, 0.2) is 0 Å². The molecule has 0 radical (unpaired) electrons. The predicted octanol–water partition coefficient (Wildman–Crippen LogP) is 2.78. The molecule has 22 heavy (non-hydrogen) atoms. The average molecular weight is 318 g/mol. The summed E-state index contributed by atoms with van der Waals surface area (Å²) in [5, 5.41) is 22.0. The molecule has 0 saturated heterocycles. The Labute approximate surface area is 132 Å². The lowest BCUT2D eigenvalue weighted by Crippen LogP contribution is -2.69. The van der Waals surface area contributed by atoms with Crippen LogP contribution in [0.2, 0.25) is 0 Å². The van der Waals surface area contributed by atoms with Gasteiger partial charge in [-0.15, -0.1) is 0 Å². The van der Waals surface area contributed by atoms with Crippen LogP contribution >= 0.6 is 0 Å². The molecule has 3 N–H and O–H groups in total. The van der Waals surface area contributed by atoms with E-state index in [1.165, 1.54) is 0 Å². The highest BCUT2D eigenvalue weighted by atomic mass is 16.6. The van der Waals surface area contributed by atoms with Crippen LogP contribution in [0.3, 0.4) is 0 Å². The third-order valence-electron chi connectivity index (χ3n) is 2.95. The highest BCUT2D eigenvalue weighted by Gasteiger charge is 2.46. The maximum Gasteiger partial charge on any atom is 0.409 e. The Morgan fingerprint density at radius 2 is 1.64 bits per heavy atom. The summed E-state index contributed by atoms with van der Waals surface area (Å²) in [6.07, 6.45) is -1.13. The van der Waals surface area contributed by atoms with E-state index in [1.54, 1.807) is 41.5 Å². The van der Waals surface area contributed by atoms with Crippen molar-refractivity contribution in [3.8, 4) is 0 Å². The number of aliphatic hydroxyl groups excluding tert-OH is 1. The number of carboxylic acid groups (broad SMARTS) is 1. The second kappa shape index (κ2) is 7.17. The summed E-state index contributed by atoms with van der Waals surface area (Å²) in [6.45, 7) is 11.6. The zero-order chi connectivity index (χ0) is 17.8. The van der Waals surface area contributed by atoms with Crippen LogP contribution in [0.1, 0.15) is 61.3 Å². The molecule has 0 fully saturated rings. The molecule has 0 aliphatic heterocycles. The number of aliphatic hydroxyl groups is 1. The lowest BCUT2D eigenvalue weighted by molar-refractivity contribution is -0.0457. The van der Waals surface area contributed by atoms with E-state index in [2.05, 4.69) is 5.32 Å². The van der Waals surface area contributed by atoms with Gasteiger partial charge < -0.3 is 14.9 Å². The topological polar surface area (TPSA) is 99.1 Å². The van der Waals surface area contributed by atoms with E-state index in [0.29, 0.717) is 6.42 Å². The quantitative estimate of drug-likeness (QED) is 0.677. The first kappa shape index (κ1) is 20.5. The first-order valence-corrected chi connectivity index (χ1v) is 7.44. The number of hydrogen-bond acceptors (Lipinski definition) is 4. The molecule has 0 saturated carbocycles. The molecule has 7 heteroatoms. The normalized spacial score (nSPS) is 14.9. The monoisotopic (exact) mass is 318 g/mol. The molecule has 0 aromatic heterocycles. The molecule has 0 heterocycles. The maximum atomic E-state index is 12.1. The van der Waals surface area contributed by atoms with Gasteiger partial charge in [0.25, 0.3) is 0 Å². The fourth-order valence-electron chi connectivity index (χ4n) is 2.44. The molecular formula is C15H30N2O5. The third kappa shape index (κ3) is 5.71. The van der Waals surface area contributed by atoms with Crippen molar-refractivity contribution in [2.24, 2.45) is 0 Å². The van der Waals surface area contributed by atoms with Crippen LogP contribution in [0.25, 0.3) is 0 Å². The molecule has 7 nitrogen and oxygen atoms in total. The number of hydrogen-bond donors (Lipinski definition) is 3. The number of rotatable bonds is 5. The van der Waals surface area contributed by atoms with Crippen LogP contribution in [0.4, 0.5) is 9.59 Å². The van der Waals surface area contributed by atoms with Crippen LogP contribution in [-0.2, 0) is 4.74 Å². The van der Waals surface area contributed by atoms with E-state index in [4.69, 9.17) is 4.74 Å². The van der Waals surface area contributed by atoms with Gasteiger partial charge in [0, 0.05) is 5.54 Å². The lowest BCUT2D eigenvalue weighted by atomic mass is 9.95. The van der Waals surface area contributed by atoms with Crippen LogP contribution in [0.5, 0.6) is 0 Å². The van der Waals surface area contributed by atoms with E-state index in [9.17, 15) is 19.8 Å². The molecule has 0 aromatic carbocycles. The average Bonchev–Trinajstić information content (AvgIpc) is 2.23. The fourth-order valence-corrected chi connectivity index (χ4v) is 2.44. The molecule has 0 bridgehead atoms. The minimum atomic E-state index is -1.43. The van der Waals surface area contributed by atoms with Crippen molar-refractivity contribution in [1.82, 2.24) is 10.2 Å². The molecule has 0 rings (SSSR count). The summed E-state index contributed by atoms with van der Waals surface area (Å²) in [5.41, 5.74) is -2.95. The van der Waals surface area contributed by atoms with Gasteiger partial charge in [0.05, 0.1) is 6.61 Å². The molecule has 0 aromatic rings. The van der Waals surface area contributed by atoms with Gasteiger partial charge in [-0.1, -0.05) is 13.3 Å². The summed E-state index contributed by atoms with van der Waals surface area (Å²) in [5.74, 6) is 0. The number of nitrogens with zero attached hydrogens (tertiary/aromatic N) is 1. The Hall–Kier alpha value is -1.50. The lowest BCUT2D eigenvalue weighted by Gasteiger charge is -2.48. The molecule has 130 valence electrons. The van der Waals surface area contributed by atoms with Crippen molar-refractivity contribution >= 4 is 12.2 Å². The summed E-state index contributed by atoms with van der Waals surface area (Å²) >= 11 is 0. The second-order valence-corrected chi connectivity index (χ2v) is 7.36. The number of alkyl carbamates (subject to hydrolysis) is 1. The van der Waals surface area contributed by atoms with Crippen molar-refractivity contribution in [3.63, 3.8) is 0 Å².